The van der Waals surface area contributed by atoms with E-state index in [1.165, 1.54) is 0 Å². The molecule has 116 valence electrons. The quantitative estimate of drug-likeness (QED) is 0.903. The van der Waals surface area contributed by atoms with Gasteiger partial charge in [-0.05, 0) is 38.5 Å². The molecule has 1 N–H and O–H groups in total. The van der Waals surface area contributed by atoms with Crippen LogP contribution >= 0.6 is 0 Å². The van der Waals surface area contributed by atoms with E-state index >= 15 is 0 Å². The van der Waals surface area contributed by atoms with E-state index < -0.39 is 24.2 Å². The summed E-state index contributed by atoms with van der Waals surface area (Å²) < 4.78 is 10.3. The summed E-state index contributed by atoms with van der Waals surface area (Å²) in [5, 5.41) is 8.94. The van der Waals surface area contributed by atoms with Crippen molar-refractivity contribution < 1.29 is 24.2 Å². The van der Waals surface area contributed by atoms with E-state index in [-0.39, 0.29) is 6.54 Å². The standard InChI is InChI=1S/C15H21NO5/c1-15(2,3)21-14(19)16(10-13(17)18)9-11-6-5-7-12(8-11)20-4/h5-8H,9-10H2,1-4H3,(H,17,18). The Balaban J connectivity index is 2.86. The van der Waals surface area contributed by atoms with Gasteiger partial charge in [-0.2, -0.15) is 0 Å². The Bertz CT molecular complexity index is 507. The highest BCUT2D eigenvalue weighted by Crippen LogP contribution is 2.16. The zero-order valence-electron chi connectivity index (χ0n) is 12.8. The number of carboxylic acid groups (broad SMARTS) is 1. The molecule has 1 aromatic carbocycles. The number of amides is 1. The van der Waals surface area contributed by atoms with Crippen LogP contribution in [0.1, 0.15) is 26.3 Å². The van der Waals surface area contributed by atoms with Crippen LogP contribution in [0.3, 0.4) is 0 Å². The molecule has 0 heterocycles. The largest absolute Gasteiger partial charge is 0.497 e. The number of carbonyl (C=O) groups is 2. The molecule has 0 aliphatic heterocycles. The summed E-state index contributed by atoms with van der Waals surface area (Å²) in [6.45, 7) is 4.91. The van der Waals surface area contributed by atoms with Gasteiger partial charge in [0.25, 0.3) is 0 Å². The maximum Gasteiger partial charge on any atom is 0.411 e. The molecule has 0 aliphatic carbocycles. The minimum absolute atomic E-state index is 0.137. The van der Waals surface area contributed by atoms with E-state index in [0.29, 0.717) is 5.75 Å². The average Bonchev–Trinajstić information content (AvgIpc) is 2.35. The number of rotatable bonds is 5. The predicted molar refractivity (Wildman–Crippen MR) is 77.3 cm³/mol. The molecule has 0 aliphatic rings. The van der Waals surface area contributed by atoms with Gasteiger partial charge >= 0.3 is 12.1 Å². The topological polar surface area (TPSA) is 76.1 Å². The number of carbonyl (C=O) groups excluding carboxylic acids is 1. The minimum Gasteiger partial charge on any atom is -0.497 e. The molecule has 0 saturated carbocycles. The van der Waals surface area contributed by atoms with Crippen LogP contribution in [0.4, 0.5) is 4.79 Å². The second-order valence-electron chi connectivity index (χ2n) is 5.58. The third-order valence-electron chi connectivity index (χ3n) is 2.49. The van der Waals surface area contributed by atoms with Gasteiger partial charge in [0, 0.05) is 6.54 Å². The molecule has 6 heteroatoms. The Hall–Kier alpha value is -2.24. The number of methoxy groups -OCH3 is 1. The second-order valence-corrected chi connectivity index (χ2v) is 5.58. The van der Waals surface area contributed by atoms with Gasteiger partial charge in [0.15, 0.2) is 0 Å². The first kappa shape index (κ1) is 16.8. The highest BCUT2D eigenvalue weighted by Gasteiger charge is 2.24. The summed E-state index contributed by atoms with van der Waals surface area (Å²) in [7, 11) is 1.54. The lowest BCUT2D eigenvalue weighted by molar-refractivity contribution is -0.138. The van der Waals surface area contributed by atoms with E-state index in [1.807, 2.05) is 0 Å². The fourth-order valence-corrected chi connectivity index (χ4v) is 1.67. The first-order valence-electron chi connectivity index (χ1n) is 6.54. The SMILES string of the molecule is COc1cccc(CN(CC(=O)O)C(=O)OC(C)(C)C)c1. The number of hydrogen-bond acceptors (Lipinski definition) is 4. The van der Waals surface area contributed by atoms with Crippen molar-refractivity contribution in [3.05, 3.63) is 29.8 Å². The van der Waals surface area contributed by atoms with Gasteiger partial charge in [-0.1, -0.05) is 12.1 Å². The molecule has 6 nitrogen and oxygen atoms in total. The van der Waals surface area contributed by atoms with Crippen LogP contribution in [-0.4, -0.2) is 41.3 Å². The van der Waals surface area contributed by atoms with Gasteiger partial charge in [0.1, 0.15) is 17.9 Å². The third-order valence-corrected chi connectivity index (χ3v) is 2.49. The summed E-state index contributed by atoms with van der Waals surface area (Å²) in [6, 6.07) is 7.10. The molecular weight excluding hydrogens is 274 g/mol. The van der Waals surface area contributed by atoms with Crippen molar-refractivity contribution in [2.45, 2.75) is 32.9 Å². The van der Waals surface area contributed by atoms with Crippen molar-refractivity contribution in [2.24, 2.45) is 0 Å². The van der Waals surface area contributed by atoms with E-state index in [9.17, 15) is 9.59 Å². The Labute approximate surface area is 124 Å². The van der Waals surface area contributed by atoms with Crippen molar-refractivity contribution in [1.29, 1.82) is 0 Å². The van der Waals surface area contributed by atoms with Crippen molar-refractivity contribution in [2.75, 3.05) is 13.7 Å². The highest BCUT2D eigenvalue weighted by molar-refractivity contribution is 5.76. The summed E-state index contributed by atoms with van der Waals surface area (Å²) in [4.78, 5) is 24.1. The lowest BCUT2D eigenvalue weighted by Gasteiger charge is -2.26. The maximum atomic E-state index is 12.1. The van der Waals surface area contributed by atoms with Gasteiger partial charge in [0.05, 0.1) is 7.11 Å². The first-order valence-corrected chi connectivity index (χ1v) is 6.54. The molecule has 1 rings (SSSR count). The van der Waals surface area contributed by atoms with Gasteiger partial charge < -0.3 is 14.6 Å². The van der Waals surface area contributed by atoms with Crippen LogP contribution in [0.2, 0.25) is 0 Å². The van der Waals surface area contributed by atoms with Crippen LogP contribution in [0.15, 0.2) is 24.3 Å². The molecule has 0 fully saturated rings. The molecule has 0 atom stereocenters. The Kier molecular flexibility index (Phi) is 5.58. The molecule has 0 unspecified atom stereocenters. The summed E-state index contributed by atoms with van der Waals surface area (Å²) in [5.41, 5.74) is 0.0869. The predicted octanol–water partition coefficient (Wildman–Crippen LogP) is 2.52. The number of aliphatic carboxylic acids is 1. The number of nitrogens with zero attached hydrogens (tertiary/aromatic N) is 1. The summed E-state index contributed by atoms with van der Waals surface area (Å²) >= 11 is 0. The number of benzene rings is 1. The number of carboxylic acids is 1. The number of hydrogen-bond donors (Lipinski definition) is 1. The summed E-state index contributed by atoms with van der Waals surface area (Å²) in [5.74, 6) is -0.448. The molecule has 0 spiro atoms. The molecule has 1 amide bonds. The Morgan fingerprint density at radius 1 is 1.29 bits per heavy atom. The molecule has 0 bridgehead atoms. The molecule has 0 saturated heterocycles. The Morgan fingerprint density at radius 3 is 2.48 bits per heavy atom. The van der Waals surface area contributed by atoms with E-state index in [2.05, 4.69) is 0 Å². The monoisotopic (exact) mass is 295 g/mol. The zero-order chi connectivity index (χ0) is 16.0. The lowest BCUT2D eigenvalue weighted by Crippen LogP contribution is -2.39. The second kappa shape index (κ2) is 6.97. The minimum atomic E-state index is -1.09. The normalized spacial score (nSPS) is 10.9. The maximum absolute atomic E-state index is 12.1. The highest BCUT2D eigenvalue weighted by atomic mass is 16.6. The summed E-state index contributed by atoms with van der Waals surface area (Å²) in [6.07, 6.45) is -0.660. The van der Waals surface area contributed by atoms with Crippen LogP contribution in [0, 0.1) is 0 Å². The average molecular weight is 295 g/mol. The van der Waals surface area contributed by atoms with E-state index in [0.717, 1.165) is 10.5 Å². The molecule has 0 radical (unpaired) electrons. The fraction of sp³-hybridized carbons (Fsp3) is 0.467. The van der Waals surface area contributed by atoms with Gasteiger partial charge in [-0.3, -0.25) is 9.69 Å². The smallest absolute Gasteiger partial charge is 0.411 e. The van der Waals surface area contributed by atoms with Crippen molar-refractivity contribution in [1.82, 2.24) is 4.90 Å². The lowest BCUT2D eigenvalue weighted by atomic mass is 10.2. The van der Waals surface area contributed by atoms with E-state index in [4.69, 9.17) is 14.6 Å². The third kappa shape index (κ3) is 6.16. The van der Waals surface area contributed by atoms with Crippen LogP contribution < -0.4 is 4.74 Å². The van der Waals surface area contributed by atoms with E-state index in [1.54, 1.807) is 52.1 Å². The number of ether oxygens (including phenoxy) is 2. The van der Waals surface area contributed by atoms with Gasteiger partial charge in [-0.15, -0.1) is 0 Å². The molecular formula is C15H21NO5. The van der Waals surface area contributed by atoms with Crippen LogP contribution in [0.25, 0.3) is 0 Å². The van der Waals surface area contributed by atoms with Crippen LogP contribution in [0.5, 0.6) is 5.75 Å². The van der Waals surface area contributed by atoms with Crippen molar-refractivity contribution in [3.8, 4) is 5.75 Å². The van der Waals surface area contributed by atoms with Crippen molar-refractivity contribution in [3.63, 3.8) is 0 Å². The molecule has 1 aromatic rings. The first-order chi connectivity index (χ1) is 9.71. The van der Waals surface area contributed by atoms with Crippen LogP contribution in [-0.2, 0) is 16.1 Å². The zero-order valence-corrected chi connectivity index (χ0v) is 12.8. The molecule has 0 aromatic heterocycles. The molecule has 21 heavy (non-hydrogen) atoms. The Morgan fingerprint density at radius 2 is 1.95 bits per heavy atom. The fourth-order valence-electron chi connectivity index (χ4n) is 1.67. The van der Waals surface area contributed by atoms with Gasteiger partial charge in [-0.25, -0.2) is 4.79 Å². The van der Waals surface area contributed by atoms with Gasteiger partial charge in [0.2, 0.25) is 0 Å². The van der Waals surface area contributed by atoms with Crippen molar-refractivity contribution >= 4 is 12.1 Å².